The van der Waals surface area contributed by atoms with Gasteiger partial charge < -0.3 is 4.42 Å². The van der Waals surface area contributed by atoms with Crippen molar-refractivity contribution in [2.75, 3.05) is 0 Å². The van der Waals surface area contributed by atoms with Crippen molar-refractivity contribution in [2.45, 2.75) is 12.8 Å². The summed E-state index contributed by atoms with van der Waals surface area (Å²) < 4.78 is 5.08. The van der Waals surface area contributed by atoms with Gasteiger partial charge in [0, 0.05) is 0 Å². The van der Waals surface area contributed by atoms with Crippen molar-refractivity contribution in [3.63, 3.8) is 0 Å². The van der Waals surface area contributed by atoms with E-state index in [1.165, 1.54) is 12.3 Å². The Labute approximate surface area is 120 Å². The number of carbonyl (C=O) groups is 1. The minimum Gasteiger partial charge on any atom is -0.469 e. The van der Waals surface area contributed by atoms with E-state index < -0.39 is 5.92 Å². The van der Waals surface area contributed by atoms with Crippen LogP contribution in [0, 0.1) is 18.3 Å². The molecular formula is C14H9Cl2NO2. The summed E-state index contributed by atoms with van der Waals surface area (Å²) in [7, 11) is 0. The van der Waals surface area contributed by atoms with Gasteiger partial charge >= 0.3 is 0 Å². The predicted molar refractivity (Wildman–Crippen MR) is 72.6 cm³/mol. The monoisotopic (exact) mass is 293 g/mol. The lowest BCUT2D eigenvalue weighted by molar-refractivity contribution is 0.0977. The van der Waals surface area contributed by atoms with Crippen LogP contribution in [-0.4, -0.2) is 5.78 Å². The number of benzene rings is 1. The molecule has 0 saturated carbocycles. The fourth-order valence-corrected chi connectivity index (χ4v) is 2.08. The van der Waals surface area contributed by atoms with Crippen molar-refractivity contribution in [2.24, 2.45) is 0 Å². The number of hydrogen-bond donors (Lipinski definition) is 0. The van der Waals surface area contributed by atoms with E-state index in [2.05, 4.69) is 0 Å². The highest BCUT2D eigenvalue weighted by Gasteiger charge is 2.24. The Hall–Kier alpha value is -1.76. The largest absolute Gasteiger partial charge is 0.469 e. The summed E-state index contributed by atoms with van der Waals surface area (Å²) in [5.41, 5.74) is 0.917. The van der Waals surface area contributed by atoms with Gasteiger partial charge in [-0.3, -0.25) is 4.79 Å². The first kappa shape index (κ1) is 13.7. The summed E-state index contributed by atoms with van der Waals surface area (Å²) in [4.78, 5) is 12.3. The van der Waals surface area contributed by atoms with Crippen LogP contribution in [0.25, 0.3) is 0 Å². The second-order valence-corrected chi connectivity index (χ2v) is 4.80. The molecule has 0 aliphatic heterocycles. The standard InChI is InChI=1S/C14H9Cl2NO2/c1-8-10(4-5-19-8)14(18)11(7-17)9-2-3-12(15)13(16)6-9/h2-6,11H,1H3. The van der Waals surface area contributed by atoms with Crippen LogP contribution in [0.2, 0.25) is 10.0 Å². The molecule has 1 unspecified atom stereocenters. The summed E-state index contributed by atoms with van der Waals surface area (Å²) in [6.07, 6.45) is 1.42. The van der Waals surface area contributed by atoms with Crippen LogP contribution < -0.4 is 0 Å². The molecule has 0 N–H and O–H groups in total. The van der Waals surface area contributed by atoms with E-state index in [0.29, 0.717) is 26.9 Å². The summed E-state index contributed by atoms with van der Waals surface area (Å²) in [6, 6.07) is 8.26. The number of aryl methyl sites for hydroxylation is 1. The lowest BCUT2D eigenvalue weighted by atomic mass is 9.92. The number of Topliss-reactive ketones (excluding diaryl/α,β-unsaturated/α-hetero) is 1. The third kappa shape index (κ3) is 2.65. The van der Waals surface area contributed by atoms with Gasteiger partial charge in [-0.1, -0.05) is 29.3 Å². The second kappa shape index (κ2) is 5.48. The van der Waals surface area contributed by atoms with E-state index in [0.717, 1.165) is 0 Å². The summed E-state index contributed by atoms with van der Waals surface area (Å²) >= 11 is 11.7. The van der Waals surface area contributed by atoms with Gasteiger partial charge in [0.1, 0.15) is 11.7 Å². The maximum Gasteiger partial charge on any atom is 0.187 e. The van der Waals surface area contributed by atoms with E-state index >= 15 is 0 Å². The first-order valence-electron chi connectivity index (χ1n) is 5.47. The molecule has 0 aliphatic carbocycles. The first-order chi connectivity index (χ1) is 9.04. The zero-order chi connectivity index (χ0) is 14.0. The minimum atomic E-state index is -0.925. The third-order valence-electron chi connectivity index (χ3n) is 2.79. The number of hydrogen-bond acceptors (Lipinski definition) is 3. The van der Waals surface area contributed by atoms with Crippen molar-refractivity contribution in [3.05, 3.63) is 57.5 Å². The molecule has 0 fully saturated rings. The highest BCUT2D eigenvalue weighted by Crippen LogP contribution is 2.28. The van der Waals surface area contributed by atoms with Crippen molar-refractivity contribution in [3.8, 4) is 6.07 Å². The average molecular weight is 294 g/mol. The molecule has 3 nitrogen and oxygen atoms in total. The number of nitrogens with zero attached hydrogens (tertiary/aromatic N) is 1. The van der Waals surface area contributed by atoms with Gasteiger partial charge in [-0.2, -0.15) is 5.26 Å². The van der Waals surface area contributed by atoms with Gasteiger partial charge in [0.25, 0.3) is 0 Å². The predicted octanol–water partition coefficient (Wildman–Crippen LogP) is 4.38. The van der Waals surface area contributed by atoms with Gasteiger partial charge in [-0.05, 0) is 30.7 Å². The maximum atomic E-state index is 12.3. The van der Waals surface area contributed by atoms with Gasteiger partial charge in [-0.25, -0.2) is 0 Å². The Kier molecular flexibility index (Phi) is 3.94. The number of nitriles is 1. The number of rotatable bonds is 3. The molecule has 1 aromatic heterocycles. The number of ketones is 1. The molecule has 0 amide bonds. The van der Waals surface area contributed by atoms with Crippen molar-refractivity contribution in [1.82, 2.24) is 0 Å². The molecule has 0 spiro atoms. The normalized spacial score (nSPS) is 11.9. The van der Waals surface area contributed by atoms with Crippen LogP contribution in [-0.2, 0) is 0 Å². The van der Waals surface area contributed by atoms with Crippen LogP contribution in [0.15, 0.2) is 34.9 Å². The maximum absolute atomic E-state index is 12.3. The number of carbonyl (C=O) groups excluding carboxylic acids is 1. The highest BCUT2D eigenvalue weighted by molar-refractivity contribution is 6.42. The molecule has 0 aliphatic rings. The first-order valence-corrected chi connectivity index (χ1v) is 6.23. The van der Waals surface area contributed by atoms with E-state index in [-0.39, 0.29) is 5.78 Å². The van der Waals surface area contributed by atoms with Crippen molar-refractivity contribution < 1.29 is 9.21 Å². The quantitative estimate of drug-likeness (QED) is 0.789. The SMILES string of the molecule is Cc1occc1C(=O)C(C#N)c1ccc(Cl)c(Cl)c1. The minimum absolute atomic E-state index is 0.313. The fourth-order valence-electron chi connectivity index (χ4n) is 1.77. The molecule has 1 heterocycles. The molecule has 2 rings (SSSR count). The molecule has 0 radical (unpaired) electrons. The molecule has 5 heteroatoms. The molecule has 1 atom stereocenters. The van der Waals surface area contributed by atoms with Crippen LogP contribution in [0.3, 0.4) is 0 Å². The molecule has 96 valence electrons. The highest BCUT2D eigenvalue weighted by atomic mass is 35.5. The summed E-state index contributed by atoms with van der Waals surface area (Å²) in [5.74, 6) is -0.747. The van der Waals surface area contributed by atoms with Gasteiger partial charge in [0.15, 0.2) is 5.78 Å². The van der Waals surface area contributed by atoms with E-state index in [9.17, 15) is 10.1 Å². The van der Waals surface area contributed by atoms with Crippen LogP contribution in [0.4, 0.5) is 0 Å². The molecule has 19 heavy (non-hydrogen) atoms. The lowest BCUT2D eigenvalue weighted by Crippen LogP contribution is -2.11. The Balaban J connectivity index is 2.41. The average Bonchev–Trinajstić information content (AvgIpc) is 2.80. The van der Waals surface area contributed by atoms with Crippen molar-refractivity contribution in [1.29, 1.82) is 5.26 Å². The Bertz CT molecular complexity index is 670. The van der Waals surface area contributed by atoms with E-state index in [4.69, 9.17) is 27.6 Å². The smallest absolute Gasteiger partial charge is 0.187 e. The number of halogens is 2. The lowest BCUT2D eigenvalue weighted by Gasteiger charge is -2.09. The van der Waals surface area contributed by atoms with Gasteiger partial charge in [-0.15, -0.1) is 0 Å². The number of furan rings is 1. The Morgan fingerprint density at radius 1 is 1.32 bits per heavy atom. The van der Waals surface area contributed by atoms with E-state index in [1.807, 2.05) is 6.07 Å². The molecule has 1 aromatic carbocycles. The second-order valence-electron chi connectivity index (χ2n) is 3.99. The third-order valence-corrected chi connectivity index (χ3v) is 3.53. The van der Waals surface area contributed by atoms with Crippen molar-refractivity contribution >= 4 is 29.0 Å². The Morgan fingerprint density at radius 3 is 2.58 bits per heavy atom. The van der Waals surface area contributed by atoms with Crippen LogP contribution >= 0.6 is 23.2 Å². The molecule has 0 bridgehead atoms. The zero-order valence-electron chi connectivity index (χ0n) is 9.98. The molecular weight excluding hydrogens is 285 g/mol. The van der Waals surface area contributed by atoms with Crippen LogP contribution in [0.1, 0.15) is 27.6 Å². The summed E-state index contributed by atoms with van der Waals surface area (Å²) in [6.45, 7) is 1.68. The van der Waals surface area contributed by atoms with Gasteiger partial charge in [0.05, 0.1) is 27.9 Å². The molecule has 0 saturated heterocycles. The zero-order valence-corrected chi connectivity index (χ0v) is 11.5. The van der Waals surface area contributed by atoms with E-state index in [1.54, 1.807) is 25.1 Å². The topological polar surface area (TPSA) is 54.0 Å². The molecule has 2 aromatic rings. The summed E-state index contributed by atoms with van der Waals surface area (Å²) in [5, 5.41) is 9.92. The van der Waals surface area contributed by atoms with Gasteiger partial charge in [0.2, 0.25) is 0 Å². The Morgan fingerprint density at radius 2 is 2.05 bits per heavy atom. The van der Waals surface area contributed by atoms with Crippen LogP contribution in [0.5, 0.6) is 0 Å². The fraction of sp³-hybridized carbons (Fsp3) is 0.143.